The third-order valence-electron chi connectivity index (χ3n) is 5.27. The fourth-order valence-electron chi connectivity index (χ4n) is 3.72. The maximum Gasteiger partial charge on any atom is 0.135 e. The first-order chi connectivity index (χ1) is 13.7. The van der Waals surface area contributed by atoms with Crippen molar-refractivity contribution < 1.29 is 0 Å². The molecule has 142 valence electrons. The van der Waals surface area contributed by atoms with Gasteiger partial charge in [0.15, 0.2) is 0 Å². The summed E-state index contributed by atoms with van der Waals surface area (Å²) in [5.74, 6) is 0.503. The largest absolute Gasteiger partial charge is 0.284 e. The lowest BCUT2D eigenvalue weighted by atomic mass is 9.98. The lowest BCUT2D eigenvalue weighted by Crippen LogP contribution is -2.35. The van der Waals surface area contributed by atoms with E-state index in [1.165, 1.54) is 9.71 Å². The van der Waals surface area contributed by atoms with Crippen molar-refractivity contribution in [2.24, 2.45) is 0 Å². The molecule has 0 unspecified atom stereocenters. The third kappa shape index (κ3) is 3.43. The molecule has 0 spiro atoms. The minimum Gasteiger partial charge on any atom is -0.284 e. The number of thiazole rings is 1. The van der Waals surface area contributed by atoms with Gasteiger partial charge in [0.1, 0.15) is 4.64 Å². The highest BCUT2D eigenvalue weighted by Crippen LogP contribution is 2.34. The number of rotatable bonds is 3. The van der Waals surface area contributed by atoms with E-state index in [0.717, 1.165) is 52.0 Å². The first kappa shape index (κ1) is 18.1. The summed E-state index contributed by atoms with van der Waals surface area (Å²) in [7, 11) is 0. The van der Waals surface area contributed by atoms with Gasteiger partial charge in [-0.1, -0.05) is 41.2 Å². The number of piperidine rings is 1. The quantitative estimate of drug-likeness (QED) is 0.417. The van der Waals surface area contributed by atoms with Crippen LogP contribution in [0.4, 0.5) is 0 Å². The van der Waals surface area contributed by atoms with Crippen molar-refractivity contribution in [3.8, 4) is 0 Å². The molecule has 1 fully saturated rings. The third-order valence-corrected chi connectivity index (χ3v) is 7.13. The van der Waals surface area contributed by atoms with E-state index >= 15 is 0 Å². The van der Waals surface area contributed by atoms with Crippen molar-refractivity contribution in [2.75, 3.05) is 13.1 Å². The molecular weight excluding hydrogens is 410 g/mol. The van der Waals surface area contributed by atoms with E-state index in [-0.39, 0.29) is 0 Å². The summed E-state index contributed by atoms with van der Waals surface area (Å²) in [4.78, 5) is 7.21. The molecule has 0 atom stereocenters. The minimum absolute atomic E-state index is 0.503. The van der Waals surface area contributed by atoms with E-state index in [2.05, 4.69) is 21.3 Å². The standard InChI is InChI=1S/C20H18ClN5S2/c21-14-5-6-18-17(11-14)22-19(28-18)13-7-9-25(10-8-13)12-26-20(27)15-3-1-2-4-16(15)23-24-26/h1-6,11,13H,7-10,12H2. The van der Waals surface area contributed by atoms with Crippen LogP contribution >= 0.6 is 35.2 Å². The Labute approximate surface area is 176 Å². The van der Waals surface area contributed by atoms with E-state index in [0.29, 0.717) is 12.6 Å². The molecule has 2 aromatic carbocycles. The molecule has 5 rings (SSSR count). The molecule has 0 amide bonds. The number of hydrogen-bond donors (Lipinski definition) is 0. The Bertz CT molecular complexity index is 1210. The Morgan fingerprint density at radius 3 is 2.79 bits per heavy atom. The van der Waals surface area contributed by atoms with E-state index in [9.17, 15) is 0 Å². The van der Waals surface area contributed by atoms with Gasteiger partial charge in [-0.3, -0.25) is 4.90 Å². The van der Waals surface area contributed by atoms with Gasteiger partial charge < -0.3 is 0 Å². The Balaban J connectivity index is 1.29. The van der Waals surface area contributed by atoms with Crippen LogP contribution < -0.4 is 0 Å². The van der Waals surface area contributed by atoms with Crippen molar-refractivity contribution in [3.05, 3.63) is 57.1 Å². The average Bonchev–Trinajstić information content (AvgIpc) is 3.14. The lowest BCUT2D eigenvalue weighted by molar-refractivity contribution is 0.157. The van der Waals surface area contributed by atoms with Crippen LogP contribution in [0.3, 0.4) is 0 Å². The van der Waals surface area contributed by atoms with Gasteiger partial charge in [0, 0.05) is 29.4 Å². The number of benzene rings is 2. The molecular formula is C20H18ClN5S2. The number of likely N-dealkylation sites (tertiary alicyclic amines) is 1. The first-order valence-electron chi connectivity index (χ1n) is 9.28. The summed E-state index contributed by atoms with van der Waals surface area (Å²) < 4.78 is 3.79. The van der Waals surface area contributed by atoms with Crippen molar-refractivity contribution in [1.29, 1.82) is 0 Å². The van der Waals surface area contributed by atoms with Crippen molar-refractivity contribution in [2.45, 2.75) is 25.4 Å². The molecule has 8 heteroatoms. The van der Waals surface area contributed by atoms with Gasteiger partial charge >= 0.3 is 0 Å². The molecule has 28 heavy (non-hydrogen) atoms. The monoisotopic (exact) mass is 427 g/mol. The molecule has 1 saturated heterocycles. The average molecular weight is 428 g/mol. The second-order valence-corrected chi connectivity index (χ2v) is 8.99. The van der Waals surface area contributed by atoms with E-state index in [1.54, 1.807) is 11.3 Å². The highest BCUT2D eigenvalue weighted by Gasteiger charge is 2.24. The highest BCUT2D eigenvalue weighted by atomic mass is 35.5. The maximum absolute atomic E-state index is 6.10. The van der Waals surface area contributed by atoms with E-state index < -0.39 is 0 Å². The Morgan fingerprint density at radius 2 is 1.93 bits per heavy atom. The van der Waals surface area contributed by atoms with Gasteiger partial charge in [0.2, 0.25) is 0 Å². The minimum atomic E-state index is 0.503. The van der Waals surface area contributed by atoms with Gasteiger partial charge in [-0.25, -0.2) is 9.67 Å². The van der Waals surface area contributed by atoms with Crippen LogP contribution in [0.5, 0.6) is 0 Å². The van der Waals surface area contributed by atoms with Crippen LogP contribution in [0.25, 0.3) is 21.1 Å². The predicted octanol–water partition coefficient (Wildman–Crippen LogP) is 5.26. The molecule has 1 aliphatic rings. The van der Waals surface area contributed by atoms with Crippen LogP contribution in [0.1, 0.15) is 23.8 Å². The van der Waals surface area contributed by atoms with Gasteiger partial charge in [0.05, 0.1) is 27.4 Å². The SMILES string of the molecule is S=c1c2ccccc2nnn1CN1CCC(c2nc3cc(Cl)ccc3s2)CC1. The zero-order valence-corrected chi connectivity index (χ0v) is 17.5. The molecule has 2 aromatic heterocycles. The normalized spacial score (nSPS) is 16.2. The molecule has 4 aromatic rings. The van der Waals surface area contributed by atoms with Crippen LogP contribution in [-0.4, -0.2) is 38.0 Å². The van der Waals surface area contributed by atoms with Crippen molar-refractivity contribution in [1.82, 2.24) is 24.9 Å². The van der Waals surface area contributed by atoms with Gasteiger partial charge in [-0.2, -0.15) is 0 Å². The molecule has 3 heterocycles. The second-order valence-electron chi connectivity index (χ2n) is 7.11. The van der Waals surface area contributed by atoms with Crippen LogP contribution in [0.15, 0.2) is 42.5 Å². The molecule has 0 saturated carbocycles. The maximum atomic E-state index is 6.10. The molecule has 1 aliphatic heterocycles. The Hall–Kier alpha value is -1.93. The zero-order valence-electron chi connectivity index (χ0n) is 15.1. The van der Waals surface area contributed by atoms with Gasteiger partial charge in [-0.05, 0) is 43.2 Å². The Kier molecular flexibility index (Phi) is 4.84. The topological polar surface area (TPSA) is 46.8 Å². The smallest absolute Gasteiger partial charge is 0.135 e. The second kappa shape index (κ2) is 7.48. The molecule has 0 bridgehead atoms. The number of aromatic nitrogens is 4. The van der Waals surface area contributed by atoms with Gasteiger partial charge in [-0.15, -0.1) is 16.4 Å². The van der Waals surface area contributed by atoms with E-state index in [4.69, 9.17) is 28.8 Å². The first-order valence-corrected chi connectivity index (χ1v) is 10.9. The summed E-state index contributed by atoms with van der Waals surface area (Å²) in [6, 6.07) is 13.8. The van der Waals surface area contributed by atoms with Crippen LogP contribution in [0.2, 0.25) is 5.02 Å². The van der Waals surface area contributed by atoms with E-state index in [1.807, 2.05) is 41.1 Å². The molecule has 5 nitrogen and oxygen atoms in total. The number of halogens is 1. The summed E-state index contributed by atoms with van der Waals surface area (Å²) in [5.41, 5.74) is 1.85. The number of nitrogens with zero attached hydrogens (tertiary/aromatic N) is 5. The summed E-state index contributed by atoms with van der Waals surface area (Å²) in [5, 5.41) is 11.6. The lowest BCUT2D eigenvalue weighted by Gasteiger charge is -2.30. The predicted molar refractivity (Wildman–Crippen MR) is 117 cm³/mol. The summed E-state index contributed by atoms with van der Waals surface area (Å²) >= 11 is 13.5. The van der Waals surface area contributed by atoms with Crippen molar-refractivity contribution in [3.63, 3.8) is 0 Å². The Morgan fingerprint density at radius 1 is 1.11 bits per heavy atom. The number of fused-ring (bicyclic) bond motifs is 2. The number of hydrogen-bond acceptors (Lipinski definition) is 6. The van der Waals surface area contributed by atoms with Gasteiger partial charge in [0.25, 0.3) is 0 Å². The zero-order chi connectivity index (χ0) is 19.1. The molecule has 0 radical (unpaired) electrons. The fourth-order valence-corrected chi connectivity index (χ4v) is 5.27. The summed E-state index contributed by atoms with van der Waals surface area (Å²) in [6.07, 6.45) is 2.17. The highest BCUT2D eigenvalue weighted by molar-refractivity contribution is 7.71. The van der Waals surface area contributed by atoms with Crippen molar-refractivity contribution >= 4 is 56.3 Å². The molecule has 0 aliphatic carbocycles. The molecule has 0 N–H and O–H groups in total. The van der Waals surface area contributed by atoms with Crippen LogP contribution in [0, 0.1) is 4.64 Å². The van der Waals surface area contributed by atoms with Crippen LogP contribution in [-0.2, 0) is 6.67 Å². The fraction of sp³-hybridized carbons (Fsp3) is 0.300. The summed E-state index contributed by atoms with van der Waals surface area (Å²) in [6.45, 7) is 2.67.